The summed E-state index contributed by atoms with van der Waals surface area (Å²) in [6.07, 6.45) is 1.47. The number of phenolic OH excluding ortho intramolecular Hbond substituents is 1. The molecule has 2 aromatic carbocycles. The van der Waals surface area contributed by atoms with Crippen molar-refractivity contribution in [3.63, 3.8) is 0 Å². The number of ether oxygens (including phenoxy) is 1. The van der Waals surface area contributed by atoms with Crippen LogP contribution in [0.3, 0.4) is 0 Å². The average molecular weight is 752 g/mol. The summed E-state index contributed by atoms with van der Waals surface area (Å²) in [5.74, 6) is -21.4. The van der Waals surface area contributed by atoms with E-state index in [0.717, 1.165) is 4.90 Å². The molecule has 0 radical (unpaired) electrons. The number of phenols is 1. The van der Waals surface area contributed by atoms with E-state index in [1.54, 1.807) is 13.0 Å². The van der Waals surface area contributed by atoms with E-state index in [2.05, 4.69) is 15.9 Å². The van der Waals surface area contributed by atoms with Gasteiger partial charge >= 0.3 is 0 Å². The minimum Gasteiger partial charge on any atom is -0.503 e. The molecule has 2 aliphatic heterocycles. The van der Waals surface area contributed by atoms with Gasteiger partial charge in [-0.25, -0.2) is 26.9 Å². The predicted octanol–water partition coefficient (Wildman–Crippen LogP) is 5.83. The molecule has 0 bridgehead atoms. The Morgan fingerprint density at radius 1 is 0.957 bits per heavy atom. The first-order chi connectivity index (χ1) is 21.6. The molecule has 3 fully saturated rings. The van der Waals surface area contributed by atoms with E-state index in [0.29, 0.717) is 6.42 Å². The lowest BCUT2D eigenvalue weighted by Crippen LogP contribution is -2.60. The van der Waals surface area contributed by atoms with Gasteiger partial charge in [0.25, 0.3) is 11.8 Å². The van der Waals surface area contributed by atoms with E-state index in [1.165, 1.54) is 19.2 Å². The fourth-order valence-electron chi connectivity index (χ4n) is 7.37. The number of halogens is 8. The fourth-order valence-corrected chi connectivity index (χ4v) is 8.76. The lowest BCUT2D eigenvalue weighted by molar-refractivity contribution is -0.140. The summed E-state index contributed by atoms with van der Waals surface area (Å²) in [5, 5.41) is 10.5. The number of imide groups is 2. The van der Waals surface area contributed by atoms with Crippen molar-refractivity contribution in [3.05, 3.63) is 62.9 Å². The largest absolute Gasteiger partial charge is 0.503 e. The molecule has 1 N–H and O–H groups in total. The number of hydrogen-bond acceptors (Lipinski definition) is 6. The normalized spacial score (nSPS) is 30.4. The number of rotatable bonds is 5. The Morgan fingerprint density at radius 2 is 1.57 bits per heavy atom. The van der Waals surface area contributed by atoms with Crippen LogP contribution in [0.25, 0.3) is 0 Å². The van der Waals surface area contributed by atoms with Crippen LogP contribution in [-0.2, 0) is 19.2 Å². The van der Waals surface area contributed by atoms with Crippen molar-refractivity contribution in [2.24, 2.45) is 17.8 Å². The summed E-state index contributed by atoms with van der Waals surface area (Å²) in [5.41, 5.74) is -1.49. The maximum Gasteiger partial charge on any atom is 0.258 e. The molecule has 6 rings (SSSR count). The third-order valence-electron chi connectivity index (χ3n) is 9.36. The Hall–Kier alpha value is -3.23. The van der Waals surface area contributed by atoms with Gasteiger partial charge in [-0.15, -0.1) is 23.2 Å². The van der Waals surface area contributed by atoms with Gasteiger partial charge in [-0.05, 0) is 58.8 Å². The molecule has 4 amide bonds. The van der Waals surface area contributed by atoms with E-state index >= 15 is 8.78 Å². The summed E-state index contributed by atoms with van der Waals surface area (Å²) in [6.45, 7) is 1.89. The monoisotopic (exact) mass is 750 g/mol. The van der Waals surface area contributed by atoms with Crippen molar-refractivity contribution in [1.82, 2.24) is 4.90 Å². The molecule has 1 saturated carbocycles. The van der Waals surface area contributed by atoms with Gasteiger partial charge in [-0.3, -0.25) is 24.1 Å². The molecular weight excluding hydrogens is 730 g/mol. The summed E-state index contributed by atoms with van der Waals surface area (Å²) in [7, 11) is 1.22. The number of likely N-dealkylation sites (tertiary alicyclic amines) is 1. The second-order valence-corrected chi connectivity index (χ2v) is 13.7. The van der Waals surface area contributed by atoms with Crippen LogP contribution < -0.4 is 9.64 Å². The SMILES string of the molecule is CCCN1C(=O)[C@H]2[C@H](CC=C3[C@H]2C[C@@]2(Cl)C(=O)N(c4c(F)c(F)c(F)c(F)c4F)C(=O)[C@@]2(Cl)[C@H]3c2cc(Br)c(O)c(OC)c2)C1=O. The van der Waals surface area contributed by atoms with Gasteiger partial charge in [0.05, 0.1) is 23.4 Å². The predicted molar refractivity (Wildman–Crippen MR) is 156 cm³/mol. The molecule has 2 aromatic rings. The van der Waals surface area contributed by atoms with Crippen molar-refractivity contribution in [2.45, 2.75) is 41.9 Å². The minimum absolute atomic E-state index is 0.0277. The van der Waals surface area contributed by atoms with Crippen molar-refractivity contribution in [2.75, 3.05) is 18.6 Å². The van der Waals surface area contributed by atoms with Gasteiger partial charge < -0.3 is 9.84 Å². The Morgan fingerprint density at radius 3 is 2.15 bits per heavy atom. The zero-order valence-electron chi connectivity index (χ0n) is 23.8. The first-order valence-corrected chi connectivity index (χ1v) is 15.5. The van der Waals surface area contributed by atoms with E-state index in [4.69, 9.17) is 27.9 Å². The molecule has 2 heterocycles. The molecule has 6 atom stereocenters. The Labute approximate surface area is 276 Å². The van der Waals surface area contributed by atoms with Gasteiger partial charge in [0.2, 0.25) is 17.6 Å². The maximum atomic E-state index is 15.1. The van der Waals surface area contributed by atoms with Crippen LogP contribution in [-0.4, -0.2) is 57.0 Å². The van der Waals surface area contributed by atoms with Gasteiger partial charge in [-0.2, -0.15) is 0 Å². The number of nitrogens with zero attached hydrogens (tertiary/aromatic N) is 2. The molecule has 46 heavy (non-hydrogen) atoms. The highest BCUT2D eigenvalue weighted by Crippen LogP contribution is 2.66. The summed E-state index contributed by atoms with van der Waals surface area (Å²) in [4.78, 5) is 51.0. The molecule has 4 aliphatic rings. The Bertz CT molecular complexity index is 1780. The van der Waals surface area contributed by atoms with Crippen LogP contribution in [0.2, 0.25) is 0 Å². The first kappa shape index (κ1) is 32.7. The number of aromatic hydroxyl groups is 1. The Balaban J connectivity index is 1.62. The molecule has 16 heteroatoms. The number of amides is 4. The number of fused-ring (bicyclic) bond motifs is 4. The van der Waals surface area contributed by atoms with Gasteiger partial charge in [-0.1, -0.05) is 18.6 Å². The Kier molecular flexibility index (Phi) is 7.76. The van der Waals surface area contributed by atoms with Crippen molar-refractivity contribution >= 4 is 68.4 Å². The number of methoxy groups -OCH3 is 1. The smallest absolute Gasteiger partial charge is 0.258 e. The van der Waals surface area contributed by atoms with E-state index < -0.39 is 98.2 Å². The van der Waals surface area contributed by atoms with Crippen molar-refractivity contribution < 1.29 is 51.0 Å². The number of allylic oxidation sites excluding steroid dienone is 2. The zero-order valence-corrected chi connectivity index (χ0v) is 26.9. The average Bonchev–Trinajstić information content (AvgIpc) is 3.35. The second-order valence-electron chi connectivity index (χ2n) is 11.6. The van der Waals surface area contributed by atoms with Crippen LogP contribution >= 0.6 is 39.1 Å². The summed E-state index contributed by atoms with van der Waals surface area (Å²) < 4.78 is 78.2. The maximum absolute atomic E-state index is 15.1. The minimum atomic E-state index is -2.68. The summed E-state index contributed by atoms with van der Waals surface area (Å²) in [6, 6.07) is 2.59. The third-order valence-corrected chi connectivity index (χ3v) is 11.4. The van der Waals surface area contributed by atoms with Crippen LogP contribution in [0.4, 0.5) is 27.6 Å². The lowest BCUT2D eigenvalue weighted by atomic mass is 9.56. The van der Waals surface area contributed by atoms with Crippen molar-refractivity contribution in [3.8, 4) is 11.5 Å². The van der Waals surface area contributed by atoms with E-state index in [9.17, 15) is 37.5 Å². The van der Waals surface area contributed by atoms with E-state index in [-0.39, 0.29) is 45.0 Å². The molecule has 244 valence electrons. The molecule has 2 aliphatic carbocycles. The number of anilines is 1. The topological polar surface area (TPSA) is 104 Å². The fraction of sp³-hybridized carbons (Fsp3) is 0.400. The number of carbonyl (C=O) groups excluding carboxylic acids is 4. The van der Waals surface area contributed by atoms with Crippen LogP contribution in [0, 0.1) is 46.8 Å². The highest BCUT2D eigenvalue weighted by atomic mass is 79.9. The molecule has 0 spiro atoms. The second kappa shape index (κ2) is 10.9. The van der Waals surface area contributed by atoms with E-state index in [1.807, 2.05) is 0 Å². The molecule has 8 nitrogen and oxygen atoms in total. The highest BCUT2D eigenvalue weighted by molar-refractivity contribution is 9.10. The van der Waals surface area contributed by atoms with Gasteiger partial charge in [0.15, 0.2) is 44.5 Å². The molecular formula is C30H22BrCl2F5N2O6. The quantitative estimate of drug-likeness (QED) is 0.103. The van der Waals surface area contributed by atoms with Gasteiger partial charge in [0, 0.05) is 12.5 Å². The molecule has 0 aromatic heterocycles. The first-order valence-electron chi connectivity index (χ1n) is 14.0. The standard InChI is InChI=1S/C30H22BrCl2F5N2O6/c1-3-6-39-25(42)12-5-4-11-13(16(12)26(39)43)9-29(32)27(44)40(23-21(37)19(35)18(34)20(36)22(23)38)28(45)30(29,33)17(11)10-7-14(31)24(41)15(8-10)46-2/h4,7-8,12-13,16-17,41H,3,5-6,9H2,1-2H3/t12-,13+,16-,17-,29+,30-/m0/s1. The lowest BCUT2D eigenvalue weighted by Gasteiger charge is -2.50. The molecule has 2 saturated heterocycles. The van der Waals surface area contributed by atoms with Crippen LogP contribution in [0.1, 0.15) is 37.7 Å². The summed E-state index contributed by atoms with van der Waals surface area (Å²) >= 11 is 17.4. The highest BCUT2D eigenvalue weighted by Gasteiger charge is 2.77. The van der Waals surface area contributed by atoms with Gasteiger partial charge in [0.1, 0.15) is 5.69 Å². The number of hydrogen-bond donors (Lipinski definition) is 1. The number of benzene rings is 2. The van der Waals surface area contributed by atoms with Crippen molar-refractivity contribution in [1.29, 1.82) is 0 Å². The number of alkyl halides is 2. The number of carbonyl (C=O) groups is 4. The zero-order chi connectivity index (χ0) is 33.8. The van der Waals surface area contributed by atoms with Crippen LogP contribution in [0.5, 0.6) is 11.5 Å². The molecule has 0 unspecified atom stereocenters. The third kappa shape index (κ3) is 4.01. The van der Waals surface area contributed by atoms with Crippen LogP contribution in [0.15, 0.2) is 28.3 Å².